The van der Waals surface area contributed by atoms with Gasteiger partial charge in [-0.25, -0.2) is 0 Å². The summed E-state index contributed by atoms with van der Waals surface area (Å²) in [6.45, 7) is 9.28. The van der Waals surface area contributed by atoms with E-state index in [1.54, 1.807) is 6.92 Å². The zero-order valence-corrected chi connectivity index (χ0v) is 23.1. The Bertz CT molecular complexity index is 954. The van der Waals surface area contributed by atoms with Crippen LogP contribution in [0.15, 0.2) is 11.8 Å². The van der Waals surface area contributed by atoms with Crippen LogP contribution in [0.5, 0.6) is 0 Å². The van der Waals surface area contributed by atoms with Gasteiger partial charge < -0.3 is 23.1 Å². The molecule has 0 unspecified atom stereocenters. The van der Waals surface area contributed by atoms with Gasteiger partial charge >= 0.3 is 15.6 Å². The van der Waals surface area contributed by atoms with Crippen LogP contribution in [0.25, 0.3) is 0 Å². The van der Waals surface area contributed by atoms with Crippen LogP contribution in [0.2, 0.25) is 0 Å². The number of halogens is 3. The van der Waals surface area contributed by atoms with Crippen molar-refractivity contribution in [1.29, 1.82) is 0 Å². The first-order valence-electron chi connectivity index (χ1n) is 13.5. The minimum atomic E-state index is -5.78. The standard InChI is InChI=1S/C26H41F3O7S/c1-5-32-16-34-19-9-12-23(3)18(15-19)7-8-21-20(23)10-13-24(4)22(36-37(30,31)26(27,28)29)11-14-25(21,24)35-17-33-6-2/h11,18-21H,5-10,12-17H2,1-4H3/t18-,19+,20+,21-,23+,24-,25+/m1/s1. The van der Waals surface area contributed by atoms with Crippen LogP contribution in [-0.2, 0) is 33.2 Å². The topological polar surface area (TPSA) is 80.3 Å². The summed E-state index contributed by atoms with van der Waals surface area (Å²) in [5.74, 6) is 0.652. The average molecular weight is 555 g/mol. The van der Waals surface area contributed by atoms with Gasteiger partial charge in [-0.15, -0.1) is 0 Å². The van der Waals surface area contributed by atoms with Crippen LogP contribution >= 0.6 is 0 Å². The van der Waals surface area contributed by atoms with Crippen LogP contribution in [-0.4, -0.2) is 52.4 Å². The fraction of sp³-hybridized carbons (Fsp3) is 0.923. The zero-order chi connectivity index (χ0) is 27.1. The molecule has 4 rings (SSSR count). The van der Waals surface area contributed by atoms with Gasteiger partial charge in [-0.05, 0) is 101 Å². The normalized spacial score (nSPS) is 39.9. The number of fused-ring (bicyclic) bond motifs is 5. The Morgan fingerprint density at radius 3 is 2.35 bits per heavy atom. The summed E-state index contributed by atoms with van der Waals surface area (Å²) in [5.41, 5.74) is -7.35. The number of hydrogen-bond donors (Lipinski definition) is 0. The number of hydrogen-bond acceptors (Lipinski definition) is 7. The summed E-state index contributed by atoms with van der Waals surface area (Å²) in [4.78, 5) is 0. The van der Waals surface area contributed by atoms with E-state index in [-0.39, 0.29) is 30.0 Å². The van der Waals surface area contributed by atoms with Gasteiger partial charge in [-0.2, -0.15) is 21.6 Å². The molecule has 7 atom stereocenters. The van der Waals surface area contributed by atoms with Gasteiger partial charge in [0.25, 0.3) is 0 Å². The van der Waals surface area contributed by atoms with E-state index in [4.69, 9.17) is 23.1 Å². The summed E-state index contributed by atoms with van der Waals surface area (Å²) in [7, 11) is -5.78. The highest BCUT2D eigenvalue weighted by atomic mass is 32.2. The molecule has 214 valence electrons. The monoisotopic (exact) mass is 554 g/mol. The molecule has 0 spiro atoms. The minimum Gasteiger partial charge on any atom is -0.380 e. The summed E-state index contributed by atoms with van der Waals surface area (Å²) in [6, 6.07) is 0. The molecule has 11 heteroatoms. The maximum atomic E-state index is 13.2. The van der Waals surface area contributed by atoms with E-state index < -0.39 is 26.6 Å². The lowest BCUT2D eigenvalue weighted by Crippen LogP contribution is -2.63. The van der Waals surface area contributed by atoms with E-state index in [2.05, 4.69) is 6.92 Å². The van der Waals surface area contributed by atoms with Crippen LogP contribution in [0.3, 0.4) is 0 Å². The Morgan fingerprint density at radius 2 is 1.68 bits per heavy atom. The maximum Gasteiger partial charge on any atom is 0.534 e. The van der Waals surface area contributed by atoms with Crippen LogP contribution in [0.4, 0.5) is 13.2 Å². The highest BCUT2D eigenvalue weighted by molar-refractivity contribution is 7.87. The molecule has 0 aromatic rings. The Balaban J connectivity index is 1.60. The van der Waals surface area contributed by atoms with E-state index in [0.717, 1.165) is 38.5 Å². The second kappa shape index (κ2) is 10.6. The van der Waals surface area contributed by atoms with Crippen molar-refractivity contribution >= 4 is 10.1 Å². The summed E-state index contributed by atoms with van der Waals surface area (Å²) in [5, 5.41) is 0. The minimum absolute atomic E-state index is 0.00403. The maximum absolute atomic E-state index is 13.2. The number of ether oxygens (including phenoxy) is 4. The highest BCUT2D eigenvalue weighted by Gasteiger charge is 2.68. The number of alkyl halides is 3. The van der Waals surface area contributed by atoms with Crippen LogP contribution < -0.4 is 0 Å². The van der Waals surface area contributed by atoms with Crippen molar-refractivity contribution in [3.05, 3.63) is 11.8 Å². The Morgan fingerprint density at radius 1 is 0.973 bits per heavy atom. The summed E-state index contributed by atoms with van der Waals surface area (Å²) in [6.07, 6.45) is 7.91. The first-order valence-corrected chi connectivity index (χ1v) is 14.9. The van der Waals surface area contributed by atoms with Gasteiger partial charge in [-0.3, -0.25) is 0 Å². The Kier molecular flexibility index (Phi) is 8.34. The zero-order valence-electron chi connectivity index (χ0n) is 22.3. The van der Waals surface area contributed by atoms with Crippen LogP contribution in [0.1, 0.15) is 79.1 Å². The summed E-state index contributed by atoms with van der Waals surface area (Å²) >= 11 is 0. The molecule has 0 aromatic heterocycles. The van der Waals surface area contributed by atoms with Gasteiger partial charge in [-0.1, -0.05) is 6.92 Å². The molecule has 7 nitrogen and oxygen atoms in total. The van der Waals surface area contributed by atoms with Crippen LogP contribution in [0, 0.1) is 28.6 Å². The van der Waals surface area contributed by atoms with Crippen molar-refractivity contribution in [3.63, 3.8) is 0 Å². The SMILES string of the molecule is CCOCO[C@H]1CC[C@@]2(C)[C@H](CC[C@@H]3[C@@H]2CC[C@]2(C)C(OS(=O)(=O)C(F)(F)F)=CC[C@]32OCOCC)C1. The molecule has 3 fully saturated rings. The first-order chi connectivity index (χ1) is 17.3. The lowest BCUT2D eigenvalue weighted by atomic mass is 9.43. The molecule has 0 saturated heterocycles. The molecule has 4 aliphatic rings. The second-order valence-electron chi connectivity index (χ2n) is 11.4. The van der Waals surface area contributed by atoms with Crippen molar-refractivity contribution in [1.82, 2.24) is 0 Å². The molecule has 0 heterocycles. The molecule has 4 aliphatic carbocycles. The fourth-order valence-corrected chi connectivity index (χ4v) is 8.50. The van der Waals surface area contributed by atoms with Gasteiger partial charge in [0.05, 0.1) is 17.1 Å². The van der Waals surface area contributed by atoms with Crippen molar-refractivity contribution in [2.75, 3.05) is 26.8 Å². The third-order valence-corrected chi connectivity index (χ3v) is 10.9. The molecule has 0 aromatic carbocycles. The number of rotatable bonds is 10. The van der Waals surface area contributed by atoms with E-state index in [9.17, 15) is 21.6 Å². The third-order valence-electron chi connectivity index (χ3n) is 9.94. The van der Waals surface area contributed by atoms with Crippen molar-refractivity contribution in [2.24, 2.45) is 28.6 Å². The predicted octanol–water partition coefficient (Wildman–Crippen LogP) is 5.90. The van der Waals surface area contributed by atoms with E-state index >= 15 is 0 Å². The predicted molar refractivity (Wildman–Crippen MR) is 129 cm³/mol. The largest absolute Gasteiger partial charge is 0.534 e. The Hall–Kier alpha value is -0.880. The highest BCUT2D eigenvalue weighted by Crippen LogP contribution is 2.69. The molecule has 0 amide bonds. The second-order valence-corrected chi connectivity index (χ2v) is 13.0. The first kappa shape index (κ1) is 29.1. The van der Waals surface area contributed by atoms with Crippen molar-refractivity contribution < 1.29 is 44.7 Å². The Labute approximate surface area is 218 Å². The van der Waals surface area contributed by atoms with Gasteiger partial charge in [0.15, 0.2) is 0 Å². The molecule has 0 N–H and O–H groups in total. The molecule has 0 aliphatic heterocycles. The molecule has 0 radical (unpaired) electrons. The average Bonchev–Trinajstić information content (AvgIpc) is 3.10. The molecular weight excluding hydrogens is 513 g/mol. The van der Waals surface area contributed by atoms with E-state index in [1.807, 2.05) is 13.8 Å². The van der Waals surface area contributed by atoms with Crippen molar-refractivity contribution in [2.45, 2.75) is 96.3 Å². The summed E-state index contributed by atoms with van der Waals surface area (Å²) < 4.78 is 91.7. The third kappa shape index (κ3) is 4.96. The van der Waals surface area contributed by atoms with Gasteiger partial charge in [0.2, 0.25) is 0 Å². The van der Waals surface area contributed by atoms with Gasteiger partial charge in [0, 0.05) is 13.2 Å². The molecule has 3 saturated carbocycles. The molecule has 37 heavy (non-hydrogen) atoms. The fourth-order valence-electron chi connectivity index (χ4n) is 7.92. The molecule has 0 bridgehead atoms. The van der Waals surface area contributed by atoms with Gasteiger partial charge in [0.1, 0.15) is 19.3 Å². The smallest absolute Gasteiger partial charge is 0.380 e. The quantitative estimate of drug-likeness (QED) is 0.144. The van der Waals surface area contributed by atoms with E-state index in [0.29, 0.717) is 44.7 Å². The van der Waals surface area contributed by atoms with Crippen molar-refractivity contribution in [3.8, 4) is 0 Å². The van der Waals surface area contributed by atoms with E-state index in [1.165, 1.54) is 6.08 Å². The lowest BCUT2D eigenvalue weighted by Gasteiger charge is -2.64. The molecular formula is C26H41F3O7S. The lowest BCUT2D eigenvalue weighted by molar-refractivity contribution is -0.257.